The number of nitrogens with one attached hydrogen (secondary N) is 1. The van der Waals surface area contributed by atoms with E-state index in [2.05, 4.69) is 10.3 Å². The van der Waals surface area contributed by atoms with Crippen molar-refractivity contribution < 1.29 is 9.53 Å². The number of benzene rings is 1. The van der Waals surface area contributed by atoms with Crippen LogP contribution < -0.4 is 10.1 Å². The van der Waals surface area contributed by atoms with E-state index in [1.165, 1.54) is 0 Å². The lowest BCUT2D eigenvalue weighted by atomic mass is 10.0. The number of carbonyl (C=O) groups excluding carboxylic acids is 1. The number of nitrogens with zero attached hydrogens (tertiary/aromatic N) is 1. The van der Waals surface area contributed by atoms with E-state index in [1.807, 2.05) is 44.2 Å². The van der Waals surface area contributed by atoms with Gasteiger partial charge in [0.1, 0.15) is 5.75 Å². The molecule has 2 aromatic rings. The van der Waals surface area contributed by atoms with Crippen molar-refractivity contribution in [2.45, 2.75) is 13.8 Å². The number of carbonyl (C=O) groups is 1. The fraction of sp³-hybridized carbons (Fsp3) is 0.250. The molecule has 1 aromatic carbocycles. The average Bonchev–Trinajstić information content (AvgIpc) is 2.47. The summed E-state index contributed by atoms with van der Waals surface area (Å²) in [7, 11) is 1.63. The van der Waals surface area contributed by atoms with Gasteiger partial charge in [-0.3, -0.25) is 9.78 Å². The molecule has 1 aromatic heterocycles. The number of hydrogen-bond donors (Lipinski definition) is 1. The summed E-state index contributed by atoms with van der Waals surface area (Å²) >= 11 is 0. The molecule has 1 heterocycles. The molecule has 20 heavy (non-hydrogen) atoms. The summed E-state index contributed by atoms with van der Waals surface area (Å²) in [5, 5.41) is 2.63. The Balaban J connectivity index is 2.29. The van der Waals surface area contributed by atoms with Gasteiger partial charge in [0, 0.05) is 18.2 Å². The first-order valence-electron chi connectivity index (χ1n) is 6.57. The Morgan fingerprint density at radius 1 is 1.30 bits per heavy atom. The molecule has 0 aliphatic carbocycles. The van der Waals surface area contributed by atoms with E-state index >= 15 is 0 Å². The maximum Gasteiger partial charge on any atom is 0.251 e. The van der Waals surface area contributed by atoms with Crippen LogP contribution in [-0.4, -0.2) is 24.5 Å². The second-order valence-electron chi connectivity index (χ2n) is 4.42. The van der Waals surface area contributed by atoms with Gasteiger partial charge in [0.2, 0.25) is 0 Å². The van der Waals surface area contributed by atoms with Crippen LogP contribution in [-0.2, 0) is 0 Å². The zero-order valence-corrected chi connectivity index (χ0v) is 11.9. The highest BCUT2D eigenvalue weighted by Crippen LogP contribution is 2.22. The van der Waals surface area contributed by atoms with Gasteiger partial charge in [0.05, 0.1) is 18.5 Å². The fourth-order valence-electron chi connectivity index (χ4n) is 2.02. The van der Waals surface area contributed by atoms with E-state index in [-0.39, 0.29) is 5.91 Å². The Labute approximate surface area is 118 Å². The molecule has 0 unspecified atom stereocenters. The quantitative estimate of drug-likeness (QED) is 0.929. The van der Waals surface area contributed by atoms with Crippen molar-refractivity contribution in [3.8, 4) is 17.0 Å². The van der Waals surface area contributed by atoms with Crippen LogP contribution in [0.25, 0.3) is 11.3 Å². The second kappa shape index (κ2) is 6.19. The normalized spacial score (nSPS) is 10.2. The van der Waals surface area contributed by atoms with Gasteiger partial charge in [0.15, 0.2) is 0 Å². The minimum Gasteiger partial charge on any atom is -0.492 e. The van der Waals surface area contributed by atoms with Gasteiger partial charge in [-0.2, -0.15) is 0 Å². The lowest BCUT2D eigenvalue weighted by Gasteiger charge is -2.08. The molecule has 104 valence electrons. The van der Waals surface area contributed by atoms with Crippen molar-refractivity contribution in [2.24, 2.45) is 0 Å². The number of hydrogen-bond acceptors (Lipinski definition) is 3. The summed E-state index contributed by atoms with van der Waals surface area (Å²) in [5.41, 5.74) is 3.46. The van der Waals surface area contributed by atoms with Gasteiger partial charge in [-0.05, 0) is 43.7 Å². The lowest BCUT2D eigenvalue weighted by molar-refractivity contribution is 0.0962. The SMILES string of the molecule is CCOc1ccc(-c2ccc(C(=O)NC)c(C)c2)nc1. The van der Waals surface area contributed by atoms with E-state index in [0.29, 0.717) is 12.2 Å². The first-order valence-corrected chi connectivity index (χ1v) is 6.57. The van der Waals surface area contributed by atoms with Gasteiger partial charge in [-0.1, -0.05) is 6.07 Å². The zero-order valence-electron chi connectivity index (χ0n) is 11.9. The molecular weight excluding hydrogens is 252 g/mol. The maximum absolute atomic E-state index is 11.7. The highest BCUT2D eigenvalue weighted by molar-refractivity contribution is 5.95. The van der Waals surface area contributed by atoms with Crippen LogP contribution in [0.2, 0.25) is 0 Å². The first kappa shape index (κ1) is 14.1. The Kier molecular flexibility index (Phi) is 4.35. The highest BCUT2D eigenvalue weighted by Gasteiger charge is 2.08. The number of amides is 1. The molecule has 0 aliphatic rings. The summed E-state index contributed by atoms with van der Waals surface area (Å²) in [4.78, 5) is 16.0. The third-order valence-electron chi connectivity index (χ3n) is 3.04. The first-order chi connectivity index (χ1) is 9.65. The number of pyridine rings is 1. The Bertz CT molecular complexity index is 606. The third-order valence-corrected chi connectivity index (χ3v) is 3.04. The van der Waals surface area contributed by atoms with Gasteiger partial charge < -0.3 is 10.1 Å². The van der Waals surface area contributed by atoms with Crippen molar-refractivity contribution in [1.29, 1.82) is 0 Å². The number of rotatable bonds is 4. The summed E-state index contributed by atoms with van der Waals surface area (Å²) in [6.45, 7) is 4.48. The Morgan fingerprint density at radius 2 is 2.10 bits per heavy atom. The highest BCUT2D eigenvalue weighted by atomic mass is 16.5. The fourth-order valence-corrected chi connectivity index (χ4v) is 2.02. The van der Waals surface area contributed by atoms with Crippen LogP contribution in [0.15, 0.2) is 36.5 Å². The van der Waals surface area contributed by atoms with Crippen LogP contribution in [0.4, 0.5) is 0 Å². The number of aromatic nitrogens is 1. The molecular formula is C16H18N2O2. The zero-order chi connectivity index (χ0) is 14.5. The van der Waals surface area contributed by atoms with Crippen LogP contribution >= 0.6 is 0 Å². The number of aryl methyl sites for hydroxylation is 1. The van der Waals surface area contributed by atoms with Gasteiger partial charge >= 0.3 is 0 Å². The van der Waals surface area contributed by atoms with E-state index < -0.39 is 0 Å². The standard InChI is InChI=1S/C16H18N2O2/c1-4-20-13-6-8-15(18-10-13)12-5-7-14(11(2)9-12)16(19)17-3/h5-10H,4H2,1-3H3,(H,17,19). The smallest absolute Gasteiger partial charge is 0.251 e. The molecule has 0 bridgehead atoms. The monoisotopic (exact) mass is 270 g/mol. The van der Waals surface area contributed by atoms with Crippen molar-refractivity contribution in [2.75, 3.05) is 13.7 Å². The predicted molar refractivity (Wildman–Crippen MR) is 79.0 cm³/mol. The Morgan fingerprint density at radius 3 is 2.65 bits per heavy atom. The molecule has 2 rings (SSSR count). The Hall–Kier alpha value is -2.36. The summed E-state index contributed by atoms with van der Waals surface area (Å²) in [5.74, 6) is 0.684. The van der Waals surface area contributed by atoms with Crippen molar-refractivity contribution in [3.05, 3.63) is 47.7 Å². The topological polar surface area (TPSA) is 51.2 Å². The van der Waals surface area contributed by atoms with Crippen molar-refractivity contribution in [1.82, 2.24) is 10.3 Å². The molecule has 0 atom stereocenters. The van der Waals surface area contributed by atoms with Crippen LogP contribution in [0.1, 0.15) is 22.8 Å². The van der Waals surface area contributed by atoms with Crippen molar-refractivity contribution >= 4 is 5.91 Å². The van der Waals surface area contributed by atoms with Gasteiger partial charge in [0.25, 0.3) is 5.91 Å². The summed E-state index contributed by atoms with van der Waals surface area (Å²) in [6, 6.07) is 9.50. The van der Waals surface area contributed by atoms with E-state index in [1.54, 1.807) is 13.2 Å². The lowest BCUT2D eigenvalue weighted by Crippen LogP contribution is -2.18. The summed E-state index contributed by atoms with van der Waals surface area (Å²) < 4.78 is 5.37. The van der Waals surface area contributed by atoms with Crippen LogP contribution in [0, 0.1) is 6.92 Å². The van der Waals surface area contributed by atoms with E-state index in [0.717, 1.165) is 22.6 Å². The van der Waals surface area contributed by atoms with E-state index in [4.69, 9.17) is 4.74 Å². The molecule has 0 saturated heterocycles. The second-order valence-corrected chi connectivity index (χ2v) is 4.42. The number of ether oxygens (including phenoxy) is 1. The minimum atomic E-state index is -0.0753. The van der Waals surface area contributed by atoms with Gasteiger partial charge in [-0.25, -0.2) is 0 Å². The molecule has 0 radical (unpaired) electrons. The molecule has 4 nitrogen and oxygen atoms in total. The molecule has 0 spiro atoms. The molecule has 0 fully saturated rings. The average molecular weight is 270 g/mol. The van der Waals surface area contributed by atoms with Crippen LogP contribution in [0.3, 0.4) is 0 Å². The van der Waals surface area contributed by atoms with Gasteiger partial charge in [-0.15, -0.1) is 0 Å². The molecule has 1 amide bonds. The minimum absolute atomic E-state index is 0.0753. The molecule has 4 heteroatoms. The molecule has 0 saturated carbocycles. The molecule has 0 aliphatic heterocycles. The maximum atomic E-state index is 11.7. The molecule has 1 N–H and O–H groups in total. The van der Waals surface area contributed by atoms with Crippen LogP contribution in [0.5, 0.6) is 5.75 Å². The third kappa shape index (κ3) is 2.96. The van der Waals surface area contributed by atoms with E-state index in [9.17, 15) is 4.79 Å². The van der Waals surface area contributed by atoms with Crippen molar-refractivity contribution in [3.63, 3.8) is 0 Å². The predicted octanol–water partition coefficient (Wildman–Crippen LogP) is 2.82. The largest absolute Gasteiger partial charge is 0.492 e. The summed E-state index contributed by atoms with van der Waals surface area (Å²) in [6.07, 6.45) is 1.71.